The zero-order valence-corrected chi connectivity index (χ0v) is 19.9. The fourth-order valence-corrected chi connectivity index (χ4v) is 3.64. The number of aliphatic hydroxyl groups is 1. The van der Waals surface area contributed by atoms with Crippen LogP contribution in [0.1, 0.15) is 30.6 Å². The Morgan fingerprint density at radius 2 is 1.79 bits per heavy atom. The van der Waals surface area contributed by atoms with Gasteiger partial charge in [0, 0.05) is 17.6 Å². The molecule has 0 radical (unpaired) electrons. The van der Waals surface area contributed by atoms with Gasteiger partial charge in [-0.2, -0.15) is 0 Å². The Bertz CT molecular complexity index is 985. The second-order valence-corrected chi connectivity index (χ2v) is 8.09. The quantitative estimate of drug-likeness (QED) is 0.360. The summed E-state index contributed by atoms with van der Waals surface area (Å²) in [4.78, 5) is 23.6. The zero-order chi connectivity index (χ0) is 24.7. The Morgan fingerprint density at radius 3 is 2.44 bits per heavy atom. The minimum atomic E-state index is -1.63. The molecule has 34 heavy (non-hydrogen) atoms. The van der Waals surface area contributed by atoms with E-state index in [0.29, 0.717) is 29.5 Å². The third-order valence-electron chi connectivity index (χ3n) is 5.34. The topological polar surface area (TPSA) is 113 Å². The van der Waals surface area contributed by atoms with E-state index in [-0.39, 0.29) is 6.04 Å². The highest BCUT2D eigenvalue weighted by Crippen LogP contribution is 2.36. The smallest absolute Gasteiger partial charge is 0.362 e. The van der Waals surface area contributed by atoms with Crippen molar-refractivity contribution >= 4 is 23.5 Å². The lowest BCUT2D eigenvalue weighted by molar-refractivity contribution is -0.221. The first kappa shape index (κ1) is 25.8. The van der Waals surface area contributed by atoms with Gasteiger partial charge in [-0.1, -0.05) is 36.7 Å². The summed E-state index contributed by atoms with van der Waals surface area (Å²) < 4.78 is 25.6. The highest BCUT2D eigenvalue weighted by atomic mass is 35.5. The van der Waals surface area contributed by atoms with Crippen LogP contribution in [0.5, 0.6) is 11.5 Å². The number of aliphatic hydroxyl groups excluding tert-OH is 1. The number of fused-ring (bicyclic) bond motifs is 1. The van der Waals surface area contributed by atoms with Crippen LogP contribution in [-0.2, 0) is 30.2 Å². The van der Waals surface area contributed by atoms with Crippen LogP contribution in [0.15, 0.2) is 42.5 Å². The standard InChI is InChI=1S/C24H28ClNO8/c1-4-17(26-13-18(27)15-6-5-7-16(25)12-15)10-14-8-9-19-20(11-14)33-24(32-19)34-21(22(28)30-2)23(29)31-3/h5-9,11-12,17-18,21,24,26-27H,4,10,13H2,1-3H3/t17?,18-,24+/m0/s1. The van der Waals surface area contributed by atoms with Gasteiger partial charge in [0.2, 0.25) is 0 Å². The Kier molecular flexibility index (Phi) is 9.12. The van der Waals surface area contributed by atoms with Crippen LogP contribution in [0.2, 0.25) is 5.02 Å². The number of ether oxygens (including phenoxy) is 5. The molecule has 3 atom stereocenters. The molecule has 1 unspecified atom stereocenters. The molecule has 184 valence electrons. The Morgan fingerprint density at radius 1 is 1.09 bits per heavy atom. The highest BCUT2D eigenvalue weighted by Gasteiger charge is 2.37. The average Bonchev–Trinajstić information content (AvgIpc) is 3.25. The van der Waals surface area contributed by atoms with Crippen molar-refractivity contribution < 1.29 is 38.4 Å². The summed E-state index contributed by atoms with van der Waals surface area (Å²) in [6.07, 6.45) is -0.802. The summed E-state index contributed by atoms with van der Waals surface area (Å²) in [6, 6.07) is 12.7. The molecule has 1 aliphatic rings. The number of carbonyl (C=O) groups excluding carboxylic acids is 2. The van der Waals surface area contributed by atoms with Crippen LogP contribution < -0.4 is 14.8 Å². The van der Waals surface area contributed by atoms with Gasteiger partial charge >= 0.3 is 18.4 Å². The molecule has 0 bridgehead atoms. The van der Waals surface area contributed by atoms with E-state index in [9.17, 15) is 14.7 Å². The van der Waals surface area contributed by atoms with Crippen LogP contribution >= 0.6 is 11.6 Å². The van der Waals surface area contributed by atoms with E-state index in [1.165, 1.54) is 0 Å². The van der Waals surface area contributed by atoms with Gasteiger partial charge in [-0.15, -0.1) is 0 Å². The van der Waals surface area contributed by atoms with Crippen molar-refractivity contribution in [1.29, 1.82) is 0 Å². The fraction of sp³-hybridized carbons (Fsp3) is 0.417. The van der Waals surface area contributed by atoms with Gasteiger partial charge in [0.15, 0.2) is 11.5 Å². The SMILES string of the molecule is CCC(Cc1ccc2c(c1)O[C@H](OC(C(=O)OC)C(=O)OC)O2)NC[C@H](O)c1cccc(Cl)c1. The molecule has 9 nitrogen and oxygen atoms in total. The molecule has 2 N–H and O–H groups in total. The number of esters is 2. The molecule has 10 heteroatoms. The minimum absolute atomic E-state index is 0.101. The van der Waals surface area contributed by atoms with Gasteiger partial charge in [0.05, 0.1) is 20.3 Å². The summed E-state index contributed by atoms with van der Waals surface area (Å²) in [5, 5.41) is 14.4. The predicted molar refractivity (Wildman–Crippen MR) is 123 cm³/mol. The van der Waals surface area contributed by atoms with Crippen molar-refractivity contribution in [3.63, 3.8) is 0 Å². The largest absolute Gasteiger partial charge is 0.467 e. The van der Waals surface area contributed by atoms with Crippen LogP contribution in [-0.4, -0.2) is 56.4 Å². The summed E-state index contributed by atoms with van der Waals surface area (Å²) in [7, 11) is 2.26. The lowest BCUT2D eigenvalue weighted by atomic mass is 10.0. The maximum Gasteiger partial charge on any atom is 0.362 e. The van der Waals surface area contributed by atoms with Gasteiger partial charge in [0.1, 0.15) is 0 Å². The van der Waals surface area contributed by atoms with E-state index in [1.54, 1.807) is 24.3 Å². The van der Waals surface area contributed by atoms with Crippen molar-refractivity contribution in [1.82, 2.24) is 5.32 Å². The molecule has 0 spiro atoms. The van der Waals surface area contributed by atoms with Crippen molar-refractivity contribution in [2.75, 3.05) is 20.8 Å². The average molecular weight is 494 g/mol. The minimum Gasteiger partial charge on any atom is -0.467 e. The molecule has 0 aliphatic carbocycles. The monoisotopic (exact) mass is 493 g/mol. The molecular formula is C24H28ClNO8. The molecule has 3 rings (SSSR count). The summed E-state index contributed by atoms with van der Waals surface area (Å²) in [5.41, 5.74) is 1.72. The second-order valence-electron chi connectivity index (χ2n) is 7.66. The van der Waals surface area contributed by atoms with Gasteiger partial charge in [0.25, 0.3) is 6.10 Å². The Labute approximate surface area is 202 Å². The van der Waals surface area contributed by atoms with Gasteiger partial charge in [-0.05, 0) is 48.2 Å². The van der Waals surface area contributed by atoms with E-state index < -0.39 is 30.6 Å². The molecule has 2 aromatic rings. The molecule has 1 heterocycles. The third kappa shape index (κ3) is 6.60. The van der Waals surface area contributed by atoms with Crippen LogP contribution in [0.25, 0.3) is 0 Å². The molecular weight excluding hydrogens is 466 g/mol. The highest BCUT2D eigenvalue weighted by molar-refractivity contribution is 6.30. The number of methoxy groups -OCH3 is 2. The van der Waals surface area contributed by atoms with Crippen LogP contribution in [0, 0.1) is 0 Å². The Hall–Kier alpha value is -2.85. The summed E-state index contributed by atoms with van der Waals surface area (Å²) >= 11 is 6.01. The van der Waals surface area contributed by atoms with Crippen molar-refractivity contribution in [2.45, 2.75) is 44.5 Å². The lowest BCUT2D eigenvalue weighted by Crippen LogP contribution is -2.40. The lowest BCUT2D eigenvalue weighted by Gasteiger charge is -2.20. The van der Waals surface area contributed by atoms with E-state index in [4.69, 9.17) is 25.8 Å². The molecule has 0 saturated heterocycles. The third-order valence-corrected chi connectivity index (χ3v) is 5.58. The molecule has 2 aromatic carbocycles. The van der Waals surface area contributed by atoms with Crippen LogP contribution in [0.4, 0.5) is 0 Å². The molecule has 0 aromatic heterocycles. The zero-order valence-electron chi connectivity index (χ0n) is 19.2. The molecule has 0 fully saturated rings. The predicted octanol–water partition coefficient (Wildman–Crippen LogP) is 2.77. The summed E-state index contributed by atoms with van der Waals surface area (Å²) in [6.45, 7) is 1.13. The second kappa shape index (κ2) is 12.0. The van der Waals surface area contributed by atoms with Gasteiger partial charge in [-0.25, -0.2) is 9.59 Å². The van der Waals surface area contributed by atoms with Gasteiger partial charge in [-0.3, -0.25) is 4.74 Å². The first-order valence-electron chi connectivity index (χ1n) is 10.8. The van der Waals surface area contributed by atoms with E-state index in [1.807, 2.05) is 18.2 Å². The van der Waals surface area contributed by atoms with Crippen molar-refractivity contribution in [3.05, 3.63) is 58.6 Å². The molecule has 1 aliphatic heterocycles. The maximum absolute atomic E-state index is 11.8. The van der Waals surface area contributed by atoms with Crippen molar-refractivity contribution in [2.24, 2.45) is 0 Å². The molecule has 0 saturated carbocycles. The summed E-state index contributed by atoms with van der Waals surface area (Å²) in [5.74, 6) is -1.01. The first-order chi connectivity index (χ1) is 16.3. The number of hydrogen-bond acceptors (Lipinski definition) is 9. The maximum atomic E-state index is 11.8. The van der Waals surface area contributed by atoms with Crippen molar-refractivity contribution in [3.8, 4) is 11.5 Å². The number of rotatable bonds is 11. The van der Waals surface area contributed by atoms with Crippen LogP contribution in [0.3, 0.4) is 0 Å². The number of nitrogens with one attached hydrogen (secondary N) is 1. The first-order valence-corrected chi connectivity index (χ1v) is 11.2. The fourth-order valence-electron chi connectivity index (χ4n) is 3.44. The van der Waals surface area contributed by atoms with E-state index in [2.05, 4.69) is 21.7 Å². The number of hydrogen-bond donors (Lipinski definition) is 2. The Balaban J connectivity index is 1.58. The number of carbonyl (C=O) groups is 2. The van der Waals surface area contributed by atoms with E-state index in [0.717, 1.165) is 31.8 Å². The normalized spacial score (nSPS) is 16.2. The molecule has 0 amide bonds. The number of benzene rings is 2. The van der Waals surface area contributed by atoms with Gasteiger partial charge < -0.3 is 29.4 Å². The number of halogens is 1. The van der Waals surface area contributed by atoms with E-state index >= 15 is 0 Å².